The van der Waals surface area contributed by atoms with E-state index >= 15 is 0 Å². The Morgan fingerprint density at radius 1 is 1.22 bits per heavy atom. The summed E-state index contributed by atoms with van der Waals surface area (Å²) in [4.78, 5) is 36.9. The molecule has 1 atom stereocenters. The van der Waals surface area contributed by atoms with Gasteiger partial charge in [0.1, 0.15) is 40.2 Å². The second-order valence-electron chi connectivity index (χ2n) is 7.20. The van der Waals surface area contributed by atoms with Crippen molar-refractivity contribution >= 4 is 27.7 Å². The molecule has 1 N–H and O–H groups in total. The minimum Gasteiger partial charge on any atom is -0.472 e. The molecular formula is C21H17BrF5N5O4. The minimum absolute atomic E-state index is 0.00277. The van der Waals surface area contributed by atoms with E-state index in [-0.39, 0.29) is 38.9 Å². The van der Waals surface area contributed by atoms with Crippen molar-refractivity contribution in [3.05, 3.63) is 73.6 Å². The van der Waals surface area contributed by atoms with E-state index < -0.39 is 42.2 Å². The van der Waals surface area contributed by atoms with Crippen molar-refractivity contribution in [3.8, 4) is 5.88 Å². The van der Waals surface area contributed by atoms with E-state index in [1.165, 1.54) is 20.9 Å². The smallest absolute Gasteiger partial charge is 0.472 e. The van der Waals surface area contributed by atoms with Crippen LogP contribution in [0.4, 0.5) is 27.8 Å². The van der Waals surface area contributed by atoms with Crippen molar-refractivity contribution in [1.29, 1.82) is 0 Å². The third-order valence-electron chi connectivity index (χ3n) is 4.71. The van der Waals surface area contributed by atoms with E-state index in [0.29, 0.717) is 10.6 Å². The fraction of sp³-hybridized carbons (Fsp3) is 0.286. The van der Waals surface area contributed by atoms with Crippen molar-refractivity contribution in [1.82, 2.24) is 19.5 Å². The Morgan fingerprint density at radius 3 is 2.53 bits per heavy atom. The first-order valence-electron chi connectivity index (χ1n) is 9.98. The number of rotatable bonds is 7. The number of nitrogens with one attached hydrogen (secondary N) is 1. The summed E-state index contributed by atoms with van der Waals surface area (Å²) < 4.78 is 76.5. The van der Waals surface area contributed by atoms with Gasteiger partial charge in [-0.1, -0.05) is 0 Å². The number of carbonyl (C=O) groups is 1. The van der Waals surface area contributed by atoms with Gasteiger partial charge in [-0.25, -0.2) is 23.5 Å². The first-order valence-corrected chi connectivity index (χ1v) is 10.8. The number of ether oxygens (including phenoxy) is 2. The molecule has 192 valence electrons. The number of aryl methyl sites for hydroxylation is 2. The Bertz CT molecular complexity index is 1370. The molecule has 15 heteroatoms. The number of nitrogens with zero attached hydrogens (tertiary/aromatic N) is 4. The fourth-order valence-corrected chi connectivity index (χ4v) is 3.43. The molecule has 9 nitrogen and oxygen atoms in total. The van der Waals surface area contributed by atoms with Crippen LogP contribution in [-0.2, 0) is 16.1 Å². The van der Waals surface area contributed by atoms with Gasteiger partial charge in [-0.3, -0.25) is 9.36 Å². The lowest BCUT2D eigenvalue weighted by molar-refractivity contribution is -0.206. The Kier molecular flexibility index (Phi) is 7.91. The molecule has 0 aliphatic heterocycles. The standard InChI is InChI=1S/C21H17BrF5N5O4/c1-9-29-7-13(16(28-3)30-9)19(36-20(34)21(25,26)27)32-10(2)31-17(15(22)18(32)33)35-8-11-4-5-12(23)6-14(11)24/h4-7,19H,8H2,1-3H3,(H,28,29,30). The predicted molar refractivity (Wildman–Crippen MR) is 118 cm³/mol. The number of carbonyl (C=O) groups excluding carboxylic acids is 1. The maximum atomic E-state index is 13.9. The summed E-state index contributed by atoms with van der Waals surface area (Å²) in [5.41, 5.74) is -1.19. The number of esters is 1. The fourth-order valence-electron chi connectivity index (χ4n) is 3.03. The molecule has 0 radical (unpaired) electrons. The zero-order valence-corrected chi connectivity index (χ0v) is 20.4. The summed E-state index contributed by atoms with van der Waals surface area (Å²) in [5.74, 6) is -4.55. The first kappa shape index (κ1) is 27.0. The largest absolute Gasteiger partial charge is 0.491 e. The maximum Gasteiger partial charge on any atom is 0.491 e. The number of halogens is 6. The maximum absolute atomic E-state index is 13.9. The molecule has 0 saturated carbocycles. The number of hydrogen-bond donors (Lipinski definition) is 1. The first-order chi connectivity index (χ1) is 16.8. The second kappa shape index (κ2) is 10.6. The van der Waals surface area contributed by atoms with E-state index in [2.05, 4.69) is 40.9 Å². The molecule has 2 aromatic heterocycles. The highest BCUT2D eigenvalue weighted by molar-refractivity contribution is 9.10. The third kappa shape index (κ3) is 5.78. The van der Waals surface area contributed by atoms with E-state index in [0.717, 1.165) is 18.3 Å². The van der Waals surface area contributed by atoms with Gasteiger partial charge in [0.25, 0.3) is 5.56 Å². The monoisotopic (exact) mass is 577 g/mol. The number of anilines is 1. The zero-order chi connectivity index (χ0) is 26.8. The second-order valence-corrected chi connectivity index (χ2v) is 8.00. The molecule has 0 spiro atoms. The van der Waals surface area contributed by atoms with Gasteiger partial charge in [0.2, 0.25) is 12.1 Å². The molecule has 1 unspecified atom stereocenters. The Balaban J connectivity index is 2.08. The van der Waals surface area contributed by atoms with Crippen molar-refractivity contribution in [2.45, 2.75) is 32.9 Å². The zero-order valence-electron chi connectivity index (χ0n) is 18.8. The lowest BCUT2D eigenvalue weighted by Crippen LogP contribution is -2.36. The molecule has 36 heavy (non-hydrogen) atoms. The van der Waals surface area contributed by atoms with Gasteiger partial charge >= 0.3 is 12.1 Å². The van der Waals surface area contributed by atoms with Crippen LogP contribution < -0.4 is 15.6 Å². The molecule has 0 amide bonds. The van der Waals surface area contributed by atoms with Crippen LogP contribution in [0.2, 0.25) is 0 Å². The van der Waals surface area contributed by atoms with Gasteiger partial charge in [0, 0.05) is 24.9 Å². The predicted octanol–water partition coefficient (Wildman–Crippen LogP) is 3.96. The summed E-state index contributed by atoms with van der Waals surface area (Å²) in [6.45, 7) is 2.33. The highest BCUT2D eigenvalue weighted by Gasteiger charge is 2.44. The number of aromatic nitrogens is 4. The molecule has 0 aliphatic rings. The van der Waals surface area contributed by atoms with Crippen molar-refractivity contribution < 1.29 is 36.2 Å². The van der Waals surface area contributed by atoms with Crippen LogP contribution in [-0.4, -0.2) is 38.7 Å². The number of hydrogen-bond acceptors (Lipinski definition) is 8. The van der Waals surface area contributed by atoms with Gasteiger partial charge in [-0.05, 0) is 41.9 Å². The van der Waals surface area contributed by atoms with E-state index in [4.69, 9.17) is 4.74 Å². The summed E-state index contributed by atoms with van der Waals surface area (Å²) in [6.07, 6.45) is -6.24. The lowest BCUT2D eigenvalue weighted by atomic mass is 10.2. The molecule has 3 aromatic rings. The Hall–Kier alpha value is -3.62. The quantitative estimate of drug-likeness (QED) is 0.332. The lowest BCUT2D eigenvalue weighted by Gasteiger charge is -2.24. The molecule has 2 heterocycles. The van der Waals surface area contributed by atoms with Gasteiger partial charge in [-0.15, -0.1) is 0 Å². The average Bonchev–Trinajstić information content (AvgIpc) is 2.80. The number of benzene rings is 1. The van der Waals surface area contributed by atoms with Crippen LogP contribution in [0.25, 0.3) is 0 Å². The molecular weight excluding hydrogens is 561 g/mol. The molecule has 0 aliphatic carbocycles. The van der Waals surface area contributed by atoms with Crippen LogP contribution in [0.15, 0.2) is 33.7 Å². The van der Waals surface area contributed by atoms with Crippen LogP contribution in [0.1, 0.15) is 29.0 Å². The summed E-state index contributed by atoms with van der Waals surface area (Å²) in [6, 6.07) is 2.79. The molecule has 0 saturated heterocycles. The summed E-state index contributed by atoms with van der Waals surface area (Å²) >= 11 is 2.98. The van der Waals surface area contributed by atoms with Gasteiger partial charge < -0.3 is 14.8 Å². The Morgan fingerprint density at radius 2 is 1.92 bits per heavy atom. The molecule has 0 fully saturated rings. The van der Waals surface area contributed by atoms with Crippen LogP contribution in [0.3, 0.4) is 0 Å². The SMILES string of the molecule is CNc1nc(C)ncc1C(OC(=O)C(F)(F)F)n1c(C)nc(OCc2ccc(F)cc2F)c(Br)c1=O. The molecule has 1 aromatic carbocycles. The van der Waals surface area contributed by atoms with E-state index in [1.807, 2.05) is 0 Å². The molecule has 0 bridgehead atoms. The van der Waals surface area contributed by atoms with Crippen molar-refractivity contribution in [2.75, 3.05) is 12.4 Å². The topological polar surface area (TPSA) is 108 Å². The van der Waals surface area contributed by atoms with Crippen LogP contribution >= 0.6 is 15.9 Å². The highest BCUT2D eigenvalue weighted by atomic mass is 79.9. The average molecular weight is 578 g/mol. The molecule has 3 rings (SSSR count). The number of alkyl halides is 3. The van der Waals surface area contributed by atoms with E-state index in [9.17, 15) is 31.5 Å². The van der Waals surface area contributed by atoms with Gasteiger partial charge in [0.15, 0.2) is 0 Å². The highest BCUT2D eigenvalue weighted by Crippen LogP contribution is 2.30. The van der Waals surface area contributed by atoms with Gasteiger partial charge in [-0.2, -0.15) is 18.2 Å². The summed E-state index contributed by atoms with van der Waals surface area (Å²) in [7, 11) is 1.42. The normalized spacial score (nSPS) is 12.2. The van der Waals surface area contributed by atoms with E-state index in [1.54, 1.807) is 0 Å². The third-order valence-corrected chi connectivity index (χ3v) is 5.39. The summed E-state index contributed by atoms with van der Waals surface area (Å²) in [5, 5.41) is 2.65. The van der Waals surface area contributed by atoms with Crippen LogP contribution in [0, 0.1) is 25.5 Å². The minimum atomic E-state index is -5.37. The Labute approximate surface area is 208 Å². The van der Waals surface area contributed by atoms with Crippen molar-refractivity contribution in [3.63, 3.8) is 0 Å². The van der Waals surface area contributed by atoms with Crippen molar-refractivity contribution in [2.24, 2.45) is 0 Å². The van der Waals surface area contributed by atoms with Crippen LogP contribution in [0.5, 0.6) is 5.88 Å². The van der Waals surface area contributed by atoms with Gasteiger partial charge in [0.05, 0.1) is 5.56 Å².